The first-order valence-corrected chi connectivity index (χ1v) is 42.6. The highest BCUT2D eigenvalue weighted by atomic mass is 31.2. The fourth-order valence-electron chi connectivity index (χ4n) is 11.4. The number of aliphatic hydroxyl groups excluding tert-OH is 1. The van der Waals surface area contributed by atoms with E-state index in [1.807, 2.05) is 0 Å². The van der Waals surface area contributed by atoms with Crippen LogP contribution in [0.1, 0.15) is 387 Å². The number of aliphatic hydroxyl groups is 1. The average molecular weight is 1410 g/mol. The van der Waals surface area contributed by atoms with Crippen LogP contribution in [-0.2, 0) is 65.4 Å². The maximum Gasteiger partial charge on any atom is 0.472 e. The van der Waals surface area contributed by atoms with Gasteiger partial charge in [0.05, 0.1) is 26.4 Å². The Bertz CT molecular complexity index is 1920. The third-order valence-corrected chi connectivity index (χ3v) is 19.4. The summed E-state index contributed by atoms with van der Waals surface area (Å²) in [7, 11) is -9.92. The molecule has 0 bridgehead atoms. The van der Waals surface area contributed by atoms with E-state index in [0.717, 1.165) is 122 Å². The number of allylic oxidation sites excluding steroid dienone is 4. The fourth-order valence-corrected chi connectivity index (χ4v) is 13.0. The Hall–Kier alpha value is -2.46. The Balaban J connectivity index is 5.21. The second-order valence-electron chi connectivity index (χ2n) is 27.1. The van der Waals surface area contributed by atoms with Gasteiger partial charge in [-0.2, -0.15) is 0 Å². The molecule has 0 aromatic rings. The van der Waals surface area contributed by atoms with Crippen molar-refractivity contribution < 1.29 is 80.2 Å². The highest BCUT2D eigenvalue weighted by Crippen LogP contribution is 2.45. The van der Waals surface area contributed by atoms with E-state index >= 15 is 0 Å². The summed E-state index contributed by atoms with van der Waals surface area (Å²) >= 11 is 0. The Morgan fingerprint density at radius 1 is 0.292 bits per heavy atom. The standard InChI is InChI=1S/C77H146O17P2/c1-5-9-13-17-21-24-27-30-33-34-35-36-39-42-45-48-52-56-60-64-77(82)94-73(68-88-75(80)62-58-54-50-46-43-40-37-31-28-25-22-18-14-10-6-2)70-92-96(85,86)90-66-71(78)65-89-95(83,84)91-69-72(67-87-74(79)61-57-53-49-20-16-12-8-4)93-76(81)63-59-55-51-47-44-41-38-32-29-26-23-19-15-11-7-3/h25,28,31,37,71-73,78H,5-24,26-27,29-30,32-36,38-70H2,1-4H3,(H,83,84)(H,85,86)/b28-25-,37-31-/t71-,72+,73+/m0/s1. The summed E-state index contributed by atoms with van der Waals surface area (Å²) in [6.07, 6.45) is 64.7. The number of rotatable bonds is 76. The van der Waals surface area contributed by atoms with Gasteiger partial charge in [-0.3, -0.25) is 37.3 Å². The van der Waals surface area contributed by atoms with Crippen LogP contribution in [0.3, 0.4) is 0 Å². The lowest BCUT2D eigenvalue weighted by Gasteiger charge is -2.21. The minimum atomic E-state index is -4.96. The maximum absolute atomic E-state index is 13.1. The van der Waals surface area contributed by atoms with Crippen molar-refractivity contribution >= 4 is 39.5 Å². The molecule has 0 saturated carbocycles. The van der Waals surface area contributed by atoms with Gasteiger partial charge in [0.25, 0.3) is 0 Å². The summed E-state index contributed by atoms with van der Waals surface area (Å²) in [5, 5.41) is 10.6. The zero-order valence-corrected chi connectivity index (χ0v) is 63.6. The quantitative estimate of drug-likeness (QED) is 0.0169. The molecule has 0 aliphatic heterocycles. The molecule has 96 heavy (non-hydrogen) atoms. The summed E-state index contributed by atoms with van der Waals surface area (Å²) in [6.45, 7) is 4.89. The van der Waals surface area contributed by atoms with Crippen molar-refractivity contribution in [3.63, 3.8) is 0 Å². The van der Waals surface area contributed by atoms with Crippen LogP contribution in [0.15, 0.2) is 24.3 Å². The number of phosphoric ester groups is 2. The molecule has 0 aromatic heterocycles. The molecule has 19 heteroatoms. The molecule has 0 heterocycles. The molecule has 0 amide bonds. The Morgan fingerprint density at radius 2 is 0.500 bits per heavy atom. The van der Waals surface area contributed by atoms with E-state index in [0.29, 0.717) is 25.7 Å². The second-order valence-corrected chi connectivity index (χ2v) is 30.0. The van der Waals surface area contributed by atoms with Crippen molar-refractivity contribution in [2.75, 3.05) is 39.6 Å². The van der Waals surface area contributed by atoms with E-state index in [-0.39, 0.29) is 25.7 Å². The van der Waals surface area contributed by atoms with Crippen molar-refractivity contribution in [3.05, 3.63) is 24.3 Å². The Kier molecular flexibility index (Phi) is 69.1. The third-order valence-electron chi connectivity index (χ3n) is 17.5. The molecular formula is C77H146O17P2. The van der Waals surface area contributed by atoms with Crippen LogP contribution < -0.4 is 0 Å². The van der Waals surface area contributed by atoms with Gasteiger partial charge in [0.15, 0.2) is 12.2 Å². The van der Waals surface area contributed by atoms with E-state index in [9.17, 15) is 43.2 Å². The fraction of sp³-hybridized carbons (Fsp3) is 0.896. The van der Waals surface area contributed by atoms with Crippen LogP contribution in [0.2, 0.25) is 0 Å². The first kappa shape index (κ1) is 93.5. The molecule has 0 saturated heterocycles. The lowest BCUT2D eigenvalue weighted by Crippen LogP contribution is -2.30. The number of ether oxygens (including phenoxy) is 4. The summed E-state index contributed by atoms with van der Waals surface area (Å²) in [6, 6.07) is 0. The number of carbonyl (C=O) groups is 4. The second kappa shape index (κ2) is 71.0. The molecule has 2 unspecified atom stereocenters. The van der Waals surface area contributed by atoms with Crippen molar-refractivity contribution in [3.8, 4) is 0 Å². The van der Waals surface area contributed by atoms with Crippen LogP contribution in [-0.4, -0.2) is 96.7 Å². The predicted octanol–water partition coefficient (Wildman–Crippen LogP) is 22.6. The van der Waals surface area contributed by atoms with E-state index in [2.05, 4.69) is 52.0 Å². The topological polar surface area (TPSA) is 237 Å². The maximum atomic E-state index is 13.1. The van der Waals surface area contributed by atoms with E-state index in [1.54, 1.807) is 0 Å². The van der Waals surface area contributed by atoms with Gasteiger partial charge >= 0.3 is 39.5 Å². The van der Waals surface area contributed by atoms with Gasteiger partial charge in [0, 0.05) is 25.7 Å². The summed E-state index contributed by atoms with van der Waals surface area (Å²) < 4.78 is 68.4. The molecule has 0 aliphatic rings. The summed E-state index contributed by atoms with van der Waals surface area (Å²) in [5.41, 5.74) is 0. The van der Waals surface area contributed by atoms with Crippen molar-refractivity contribution in [1.29, 1.82) is 0 Å². The monoisotopic (exact) mass is 1410 g/mol. The third kappa shape index (κ3) is 70.0. The molecule has 0 aromatic carbocycles. The number of unbranched alkanes of at least 4 members (excludes halogenated alkanes) is 47. The number of phosphoric acid groups is 2. The zero-order valence-electron chi connectivity index (χ0n) is 61.8. The zero-order chi connectivity index (χ0) is 70.4. The van der Waals surface area contributed by atoms with Crippen LogP contribution >= 0.6 is 15.6 Å². The number of hydrogen-bond donors (Lipinski definition) is 3. The molecule has 0 rings (SSSR count). The highest BCUT2D eigenvalue weighted by Gasteiger charge is 2.30. The molecule has 0 fully saturated rings. The van der Waals surface area contributed by atoms with Crippen molar-refractivity contribution in [2.24, 2.45) is 0 Å². The van der Waals surface area contributed by atoms with Crippen LogP contribution in [0, 0.1) is 0 Å². The molecule has 5 atom stereocenters. The Labute approximate surface area is 586 Å². The largest absolute Gasteiger partial charge is 0.472 e. The lowest BCUT2D eigenvalue weighted by molar-refractivity contribution is -0.161. The smallest absolute Gasteiger partial charge is 0.462 e. The predicted molar refractivity (Wildman–Crippen MR) is 391 cm³/mol. The molecular weight excluding hydrogens is 1260 g/mol. The summed E-state index contributed by atoms with van der Waals surface area (Å²) in [5.74, 6) is -2.15. The van der Waals surface area contributed by atoms with Crippen molar-refractivity contribution in [2.45, 2.75) is 406 Å². The van der Waals surface area contributed by atoms with Gasteiger partial charge in [-0.05, 0) is 51.4 Å². The van der Waals surface area contributed by atoms with E-state index in [1.165, 1.54) is 186 Å². The van der Waals surface area contributed by atoms with Gasteiger partial charge in [0.1, 0.15) is 19.3 Å². The number of carbonyl (C=O) groups excluding carboxylic acids is 4. The van der Waals surface area contributed by atoms with Gasteiger partial charge in [-0.15, -0.1) is 0 Å². The lowest BCUT2D eigenvalue weighted by atomic mass is 10.0. The van der Waals surface area contributed by atoms with Gasteiger partial charge in [-0.25, -0.2) is 9.13 Å². The molecule has 17 nitrogen and oxygen atoms in total. The van der Waals surface area contributed by atoms with Crippen LogP contribution in [0.5, 0.6) is 0 Å². The van der Waals surface area contributed by atoms with E-state index < -0.39 is 97.5 Å². The minimum Gasteiger partial charge on any atom is -0.462 e. The highest BCUT2D eigenvalue weighted by molar-refractivity contribution is 7.47. The molecule has 0 spiro atoms. The Morgan fingerprint density at radius 3 is 0.760 bits per heavy atom. The first-order valence-electron chi connectivity index (χ1n) is 39.6. The van der Waals surface area contributed by atoms with Gasteiger partial charge < -0.3 is 33.8 Å². The normalized spacial score (nSPS) is 14.0. The summed E-state index contributed by atoms with van der Waals surface area (Å²) in [4.78, 5) is 72.7. The first-order chi connectivity index (χ1) is 46.7. The van der Waals surface area contributed by atoms with E-state index in [4.69, 9.17) is 37.0 Å². The number of esters is 4. The van der Waals surface area contributed by atoms with Crippen LogP contribution in [0.4, 0.5) is 0 Å². The minimum absolute atomic E-state index is 0.102. The SMILES string of the molecule is CCCCCC/C=C\C=C/CCCCCCCC(=O)OC[C@H](COP(=O)(O)OC[C@@H](O)COP(=O)(O)OC[C@@H](COC(=O)CCCCCCCCC)OC(=O)CCCCCCCCCCCCCCCCC)OC(=O)CCCCCCCCCCCCCCCCCCCCC. The van der Waals surface area contributed by atoms with Crippen molar-refractivity contribution in [1.82, 2.24) is 0 Å². The molecule has 0 radical (unpaired) electrons. The molecule has 0 aliphatic carbocycles. The van der Waals surface area contributed by atoms with Crippen LogP contribution in [0.25, 0.3) is 0 Å². The average Bonchev–Trinajstić information content (AvgIpc) is 2.40. The van der Waals surface area contributed by atoms with Gasteiger partial charge in [-0.1, -0.05) is 335 Å². The number of hydrogen-bond acceptors (Lipinski definition) is 15. The molecule has 566 valence electrons. The molecule has 3 N–H and O–H groups in total. The van der Waals surface area contributed by atoms with Gasteiger partial charge in [0.2, 0.25) is 0 Å².